The lowest BCUT2D eigenvalue weighted by Crippen LogP contribution is -2.39. The van der Waals surface area contributed by atoms with Crippen molar-refractivity contribution in [1.82, 2.24) is 9.88 Å². The Hall–Kier alpha value is -2.26. The second-order valence-corrected chi connectivity index (χ2v) is 6.91. The van der Waals surface area contributed by atoms with Crippen LogP contribution in [0.25, 0.3) is 10.9 Å². The molecule has 0 saturated carbocycles. The average Bonchev–Trinajstić information content (AvgIpc) is 3.12. The van der Waals surface area contributed by atoms with Gasteiger partial charge in [0.05, 0.1) is 0 Å². The zero-order valence-corrected chi connectivity index (χ0v) is 13.7. The first kappa shape index (κ1) is 14.1. The molecule has 122 valence electrons. The van der Waals surface area contributed by atoms with Gasteiger partial charge in [-0.1, -0.05) is 36.4 Å². The van der Waals surface area contributed by atoms with Gasteiger partial charge < -0.3 is 9.72 Å². The van der Waals surface area contributed by atoms with Gasteiger partial charge in [0.1, 0.15) is 12.4 Å². The molecule has 1 saturated heterocycles. The highest BCUT2D eigenvalue weighted by Gasteiger charge is 2.41. The van der Waals surface area contributed by atoms with Gasteiger partial charge >= 0.3 is 0 Å². The van der Waals surface area contributed by atoms with E-state index in [4.69, 9.17) is 4.74 Å². The average molecular weight is 318 g/mol. The maximum atomic E-state index is 5.94. The van der Waals surface area contributed by atoms with Crippen LogP contribution in [-0.2, 0) is 6.42 Å². The van der Waals surface area contributed by atoms with Crippen molar-refractivity contribution in [2.75, 3.05) is 13.2 Å². The van der Waals surface area contributed by atoms with Gasteiger partial charge in [0, 0.05) is 41.6 Å². The van der Waals surface area contributed by atoms with Crippen LogP contribution in [0.5, 0.6) is 5.75 Å². The Balaban J connectivity index is 1.37. The number of rotatable bonds is 4. The maximum absolute atomic E-state index is 5.94. The van der Waals surface area contributed by atoms with E-state index in [0.29, 0.717) is 12.1 Å². The Morgan fingerprint density at radius 1 is 1.00 bits per heavy atom. The fourth-order valence-electron chi connectivity index (χ4n) is 4.59. The third kappa shape index (κ3) is 2.23. The lowest BCUT2D eigenvalue weighted by atomic mass is 9.97. The highest BCUT2D eigenvalue weighted by atomic mass is 16.5. The molecule has 3 nitrogen and oxygen atoms in total. The van der Waals surface area contributed by atoms with E-state index in [1.807, 2.05) is 30.3 Å². The van der Waals surface area contributed by atoms with Crippen molar-refractivity contribution in [3.8, 4) is 5.75 Å². The van der Waals surface area contributed by atoms with E-state index in [1.54, 1.807) is 5.56 Å². The minimum Gasteiger partial charge on any atom is -0.492 e. The van der Waals surface area contributed by atoms with Crippen LogP contribution >= 0.6 is 0 Å². The molecule has 2 aliphatic heterocycles. The molecule has 0 aliphatic carbocycles. The van der Waals surface area contributed by atoms with Gasteiger partial charge in [-0.15, -0.1) is 0 Å². The number of aromatic nitrogens is 1. The fraction of sp³-hybridized carbons (Fsp3) is 0.333. The summed E-state index contributed by atoms with van der Waals surface area (Å²) < 4.78 is 5.94. The maximum Gasteiger partial charge on any atom is 0.119 e. The highest BCUT2D eigenvalue weighted by molar-refractivity contribution is 5.85. The molecule has 0 unspecified atom stereocenters. The standard InChI is InChI=1S/C21H22N2O/c1-2-6-16(7-3-1)24-13-12-23-15-10-11-20(23)21-17-8-4-5-9-18(17)22-19(21)14-15/h1-9,15,20,22H,10-14H2/t15-,20+/m0/s1. The van der Waals surface area contributed by atoms with Crippen LogP contribution in [0.15, 0.2) is 54.6 Å². The topological polar surface area (TPSA) is 28.3 Å². The van der Waals surface area contributed by atoms with Crippen LogP contribution in [0.3, 0.4) is 0 Å². The zero-order valence-electron chi connectivity index (χ0n) is 13.7. The third-order valence-electron chi connectivity index (χ3n) is 5.60. The smallest absolute Gasteiger partial charge is 0.119 e. The highest BCUT2D eigenvalue weighted by Crippen LogP contribution is 2.46. The molecule has 0 radical (unpaired) electrons. The van der Waals surface area contributed by atoms with Crippen molar-refractivity contribution in [1.29, 1.82) is 0 Å². The monoisotopic (exact) mass is 318 g/mol. The van der Waals surface area contributed by atoms with Crippen LogP contribution in [0.1, 0.15) is 30.1 Å². The minimum absolute atomic E-state index is 0.550. The van der Waals surface area contributed by atoms with Crippen molar-refractivity contribution < 1.29 is 4.74 Å². The molecule has 2 atom stereocenters. The lowest BCUT2D eigenvalue weighted by Gasteiger charge is -2.34. The van der Waals surface area contributed by atoms with Gasteiger partial charge in [0.15, 0.2) is 0 Å². The number of fused-ring (bicyclic) bond motifs is 6. The van der Waals surface area contributed by atoms with Gasteiger partial charge in [-0.25, -0.2) is 0 Å². The molecule has 2 aliphatic rings. The van der Waals surface area contributed by atoms with Crippen LogP contribution in [-0.4, -0.2) is 29.1 Å². The first-order valence-electron chi connectivity index (χ1n) is 8.93. The Morgan fingerprint density at radius 2 is 1.83 bits per heavy atom. The second-order valence-electron chi connectivity index (χ2n) is 6.91. The van der Waals surface area contributed by atoms with Gasteiger partial charge in [-0.2, -0.15) is 0 Å². The summed E-state index contributed by atoms with van der Waals surface area (Å²) in [5.74, 6) is 0.967. The molecule has 1 N–H and O–H groups in total. The molecule has 0 spiro atoms. The van der Waals surface area contributed by atoms with E-state index in [9.17, 15) is 0 Å². The van der Waals surface area contributed by atoms with Crippen molar-refractivity contribution in [3.63, 3.8) is 0 Å². The Morgan fingerprint density at radius 3 is 2.75 bits per heavy atom. The van der Waals surface area contributed by atoms with E-state index in [0.717, 1.165) is 25.3 Å². The summed E-state index contributed by atoms with van der Waals surface area (Å²) in [6.45, 7) is 1.76. The van der Waals surface area contributed by atoms with E-state index in [1.165, 1.54) is 29.4 Å². The number of H-pyrrole nitrogens is 1. The van der Waals surface area contributed by atoms with Gasteiger partial charge in [-0.05, 0) is 36.6 Å². The molecule has 3 heterocycles. The molecule has 24 heavy (non-hydrogen) atoms. The molecule has 1 aromatic heterocycles. The summed E-state index contributed by atoms with van der Waals surface area (Å²) in [6.07, 6.45) is 3.71. The zero-order chi connectivity index (χ0) is 15.9. The number of nitrogens with one attached hydrogen (secondary N) is 1. The van der Waals surface area contributed by atoms with Crippen LogP contribution in [0.4, 0.5) is 0 Å². The van der Waals surface area contributed by atoms with Crippen LogP contribution in [0.2, 0.25) is 0 Å². The largest absolute Gasteiger partial charge is 0.492 e. The molecule has 2 bridgehead atoms. The minimum atomic E-state index is 0.550. The predicted molar refractivity (Wildman–Crippen MR) is 96.4 cm³/mol. The fourth-order valence-corrected chi connectivity index (χ4v) is 4.59. The SMILES string of the molecule is c1ccc(OCCN2[C@H]3CC[C@@H]2c2c([nH]c4ccccc24)C3)cc1. The van der Waals surface area contributed by atoms with Gasteiger partial charge in [-0.3, -0.25) is 4.90 Å². The summed E-state index contributed by atoms with van der Waals surface area (Å²) >= 11 is 0. The first-order valence-corrected chi connectivity index (χ1v) is 8.93. The van der Waals surface area contributed by atoms with E-state index >= 15 is 0 Å². The van der Waals surface area contributed by atoms with Crippen molar-refractivity contribution >= 4 is 10.9 Å². The molecule has 0 amide bonds. The molecule has 1 fully saturated rings. The number of nitrogens with zero attached hydrogens (tertiary/aromatic N) is 1. The lowest BCUT2D eigenvalue weighted by molar-refractivity contribution is 0.144. The van der Waals surface area contributed by atoms with Crippen molar-refractivity contribution in [2.24, 2.45) is 0 Å². The number of ether oxygens (including phenoxy) is 1. The second kappa shape index (κ2) is 5.67. The van der Waals surface area contributed by atoms with Gasteiger partial charge in [0.2, 0.25) is 0 Å². The number of hydrogen-bond acceptors (Lipinski definition) is 2. The van der Waals surface area contributed by atoms with Crippen molar-refractivity contribution in [2.45, 2.75) is 31.3 Å². The Labute approximate surface area is 142 Å². The number of hydrogen-bond donors (Lipinski definition) is 1. The third-order valence-corrected chi connectivity index (χ3v) is 5.60. The number of para-hydroxylation sites is 2. The van der Waals surface area contributed by atoms with E-state index in [2.05, 4.69) is 34.1 Å². The molecular weight excluding hydrogens is 296 g/mol. The quantitative estimate of drug-likeness (QED) is 0.776. The summed E-state index contributed by atoms with van der Waals surface area (Å²) in [5, 5.41) is 1.41. The molecule has 3 heteroatoms. The number of aromatic amines is 1. The van der Waals surface area contributed by atoms with Crippen molar-refractivity contribution in [3.05, 3.63) is 65.9 Å². The summed E-state index contributed by atoms with van der Waals surface area (Å²) in [7, 11) is 0. The van der Waals surface area contributed by atoms with Crippen LogP contribution in [0, 0.1) is 0 Å². The van der Waals surface area contributed by atoms with Gasteiger partial charge in [0.25, 0.3) is 0 Å². The predicted octanol–water partition coefficient (Wildman–Crippen LogP) is 4.31. The Kier molecular flexibility index (Phi) is 3.34. The molecule has 3 aromatic rings. The van der Waals surface area contributed by atoms with Crippen LogP contribution < -0.4 is 4.74 Å². The summed E-state index contributed by atoms with van der Waals surface area (Å²) in [5.41, 5.74) is 4.29. The summed E-state index contributed by atoms with van der Waals surface area (Å²) in [6, 6.07) is 20.1. The Bertz CT molecular complexity index is 855. The summed E-state index contributed by atoms with van der Waals surface area (Å²) in [4.78, 5) is 6.33. The first-order chi connectivity index (χ1) is 11.9. The van der Waals surface area contributed by atoms with E-state index < -0.39 is 0 Å². The normalized spacial score (nSPS) is 22.7. The molecule has 2 aromatic carbocycles. The molecular formula is C21H22N2O. The van der Waals surface area contributed by atoms with E-state index in [-0.39, 0.29) is 0 Å². The number of benzene rings is 2. The molecule has 5 rings (SSSR count).